The van der Waals surface area contributed by atoms with Gasteiger partial charge in [-0.15, -0.1) is 11.3 Å². The summed E-state index contributed by atoms with van der Waals surface area (Å²) in [5.74, 6) is -0.734. The predicted molar refractivity (Wildman–Crippen MR) is 69.2 cm³/mol. The van der Waals surface area contributed by atoms with Gasteiger partial charge in [0, 0.05) is 12.1 Å². The lowest BCUT2D eigenvalue weighted by Crippen LogP contribution is -1.94. The number of fused-ring (bicyclic) bond motifs is 1. The summed E-state index contributed by atoms with van der Waals surface area (Å²) < 4.78 is 1.10. The van der Waals surface area contributed by atoms with E-state index in [1.54, 1.807) is 11.3 Å². The average Bonchev–Trinajstić information content (AvgIpc) is 2.66. The number of carboxylic acids is 1. The third-order valence-corrected chi connectivity index (χ3v) is 3.57. The standard InChI is InChI=1S/C12H14N2O2S/c13-8-5-6-9-10(7-8)17-11(14-9)3-1-2-4-12(15)16/h5-7H,1-4,13H2,(H,15,16). The van der Waals surface area contributed by atoms with Crippen molar-refractivity contribution in [3.63, 3.8) is 0 Å². The van der Waals surface area contributed by atoms with Crippen molar-refractivity contribution in [1.29, 1.82) is 0 Å². The summed E-state index contributed by atoms with van der Waals surface area (Å²) in [6.07, 6.45) is 2.64. The minimum absolute atomic E-state index is 0.234. The summed E-state index contributed by atoms with van der Waals surface area (Å²) in [5.41, 5.74) is 7.42. The molecular formula is C12H14N2O2S. The van der Waals surface area contributed by atoms with Crippen LogP contribution < -0.4 is 5.73 Å². The number of nitrogens with zero attached hydrogens (tertiary/aromatic N) is 1. The number of anilines is 1. The first-order valence-electron chi connectivity index (χ1n) is 5.52. The summed E-state index contributed by atoms with van der Waals surface area (Å²) >= 11 is 1.63. The van der Waals surface area contributed by atoms with Crippen molar-refractivity contribution >= 4 is 33.2 Å². The van der Waals surface area contributed by atoms with Gasteiger partial charge < -0.3 is 10.8 Å². The molecule has 0 spiro atoms. The van der Waals surface area contributed by atoms with Crippen molar-refractivity contribution in [2.45, 2.75) is 25.7 Å². The molecule has 2 rings (SSSR count). The number of aromatic nitrogens is 1. The average molecular weight is 250 g/mol. The van der Waals surface area contributed by atoms with Crippen LogP contribution in [0.5, 0.6) is 0 Å². The number of benzene rings is 1. The zero-order valence-electron chi connectivity index (χ0n) is 9.35. The first kappa shape index (κ1) is 11.9. The lowest BCUT2D eigenvalue weighted by Gasteiger charge is -1.94. The van der Waals surface area contributed by atoms with Gasteiger partial charge >= 0.3 is 5.97 Å². The van der Waals surface area contributed by atoms with Crippen molar-refractivity contribution in [2.24, 2.45) is 0 Å². The molecular weight excluding hydrogens is 236 g/mol. The minimum atomic E-state index is -0.734. The van der Waals surface area contributed by atoms with Crippen molar-refractivity contribution < 1.29 is 9.90 Å². The van der Waals surface area contributed by atoms with E-state index < -0.39 is 5.97 Å². The molecule has 0 unspecified atom stereocenters. The van der Waals surface area contributed by atoms with E-state index in [0.717, 1.165) is 33.8 Å². The highest BCUT2D eigenvalue weighted by molar-refractivity contribution is 7.18. The van der Waals surface area contributed by atoms with E-state index in [0.29, 0.717) is 6.42 Å². The molecule has 0 amide bonds. The maximum Gasteiger partial charge on any atom is 0.303 e. The number of nitrogen functional groups attached to an aromatic ring is 1. The van der Waals surface area contributed by atoms with E-state index in [-0.39, 0.29) is 6.42 Å². The summed E-state index contributed by atoms with van der Waals surface area (Å²) in [4.78, 5) is 14.8. The van der Waals surface area contributed by atoms with Crippen LogP contribution in [0.3, 0.4) is 0 Å². The number of hydrogen-bond donors (Lipinski definition) is 2. The fraction of sp³-hybridized carbons (Fsp3) is 0.333. The van der Waals surface area contributed by atoms with Crippen molar-refractivity contribution in [1.82, 2.24) is 4.98 Å². The Balaban J connectivity index is 1.97. The number of hydrogen-bond acceptors (Lipinski definition) is 4. The first-order chi connectivity index (χ1) is 8.15. The SMILES string of the molecule is Nc1ccc2nc(CCCCC(=O)O)sc2c1. The number of aliphatic carboxylic acids is 1. The van der Waals surface area contributed by atoms with E-state index in [1.165, 1.54) is 0 Å². The third kappa shape index (κ3) is 3.17. The molecule has 0 saturated carbocycles. The number of thiazole rings is 1. The Morgan fingerprint density at radius 3 is 3.00 bits per heavy atom. The van der Waals surface area contributed by atoms with Gasteiger partial charge in [0.25, 0.3) is 0 Å². The fourth-order valence-corrected chi connectivity index (χ4v) is 2.71. The first-order valence-corrected chi connectivity index (χ1v) is 6.33. The zero-order chi connectivity index (χ0) is 12.3. The van der Waals surface area contributed by atoms with Gasteiger partial charge in [-0.1, -0.05) is 0 Å². The van der Waals surface area contributed by atoms with Gasteiger partial charge in [-0.3, -0.25) is 4.79 Å². The lowest BCUT2D eigenvalue weighted by atomic mass is 10.2. The molecule has 4 nitrogen and oxygen atoms in total. The molecule has 0 aliphatic rings. The van der Waals surface area contributed by atoms with Gasteiger partial charge in [0.2, 0.25) is 0 Å². The van der Waals surface area contributed by atoms with Gasteiger partial charge in [0.1, 0.15) is 0 Å². The summed E-state index contributed by atoms with van der Waals surface area (Å²) in [7, 11) is 0. The molecule has 5 heteroatoms. The molecule has 0 saturated heterocycles. The molecule has 0 atom stereocenters. The topological polar surface area (TPSA) is 76.2 Å². The second-order valence-corrected chi connectivity index (χ2v) is 5.05. The van der Waals surface area contributed by atoms with Crippen LogP contribution in [-0.4, -0.2) is 16.1 Å². The molecule has 2 aromatic rings. The Bertz CT molecular complexity index is 536. The highest BCUT2D eigenvalue weighted by Crippen LogP contribution is 2.25. The van der Waals surface area contributed by atoms with Crippen molar-refractivity contribution in [3.05, 3.63) is 23.2 Å². The molecule has 0 aliphatic heterocycles. The second-order valence-electron chi connectivity index (χ2n) is 3.94. The van der Waals surface area contributed by atoms with Crippen LogP contribution in [-0.2, 0) is 11.2 Å². The smallest absolute Gasteiger partial charge is 0.303 e. The van der Waals surface area contributed by atoms with Gasteiger partial charge in [-0.05, 0) is 37.5 Å². The number of unbranched alkanes of at least 4 members (excludes halogenated alkanes) is 1. The predicted octanol–water partition coefficient (Wildman–Crippen LogP) is 2.68. The lowest BCUT2D eigenvalue weighted by molar-refractivity contribution is -0.137. The molecule has 3 N–H and O–H groups in total. The van der Waals surface area contributed by atoms with E-state index in [4.69, 9.17) is 10.8 Å². The van der Waals surface area contributed by atoms with Crippen LogP contribution in [0.2, 0.25) is 0 Å². The molecule has 0 bridgehead atoms. The molecule has 17 heavy (non-hydrogen) atoms. The Hall–Kier alpha value is -1.62. The number of nitrogens with two attached hydrogens (primary N) is 1. The molecule has 0 aliphatic carbocycles. The summed E-state index contributed by atoms with van der Waals surface area (Å²) in [6.45, 7) is 0. The summed E-state index contributed by atoms with van der Waals surface area (Å²) in [5, 5.41) is 9.58. The normalized spacial score (nSPS) is 10.8. The Labute approximate surface area is 103 Å². The number of carboxylic acid groups (broad SMARTS) is 1. The molecule has 1 heterocycles. The molecule has 1 aromatic heterocycles. The highest BCUT2D eigenvalue weighted by atomic mass is 32.1. The van der Waals surface area contributed by atoms with Crippen LogP contribution in [0.15, 0.2) is 18.2 Å². The van der Waals surface area contributed by atoms with Gasteiger partial charge in [-0.25, -0.2) is 4.98 Å². The molecule has 90 valence electrons. The Morgan fingerprint density at radius 1 is 1.41 bits per heavy atom. The third-order valence-electron chi connectivity index (χ3n) is 2.49. The number of carbonyl (C=O) groups is 1. The highest BCUT2D eigenvalue weighted by Gasteiger charge is 2.04. The van der Waals surface area contributed by atoms with E-state index in [2.05, 4.69) is 4.98 Å². The van der Waals surface area contributed by atoms with E-state index in [1.807, 2.05) is 18.2 Å². The maximum atomic E-state index is 10.4. The van der Waals surface area contributed by atoms with E-state index >= 15 is 0 Å². The maximum absolute atomic E-state index is 10.4. The van der Waals surface area contributed by atoms with Crippen LogP contribution in [0, 0.1) is 0 Å². The van der Waals surface area contributed by atoms with Crippen molar-refractivity contribution in [2.75, 3.05) is 5.73 Å². The van der Waals surface area contributed by atoms with Gasteiger partial charge in [0.05, 0.1) is 15.2 Å². The van der Waals surface area contributed by atoms with Gasteiger partial charge in [0.15, 0.2) is 0 Å². The fourth-order valence-electron chi connectivity index (χ4n) is 1.65. The molecule has 0 fully saturated rings. The molecule has 0 radical (unpaired) electrons. The largest absolute Gasteiger partial charge is 0.481 e. The van der Waals surface area contributed by atoms with Crippen LogP contribution >= 0.6 is 11.3 Å². The molecule has 1 aromatic carbocycles. The Morgan fingerprint density at radius 2 is 2.24 bits per heavy atom. The second kappa shape index (κ2) is 5.14. The zero-order valence-corrected chi connectivity index (χ0v) is 10.2. The van der Waals surface area contributed by atoms with Crippen LogP contribution in [0.25, 0.3) is 10.2 Å². The number of rotatable bonds is 5. The van der Waals surface area contributed by atoms with Crippen molar-refractivity contribution in [3.8, 4) is 0 Å². The number of aryl methyl sites for hydroxylation is 1. The van der Waals surface area contributed by atoms with E-state index in [9.17, 15) is 4.79 Å². The van der Waals surface area contributed by atoms with Crippen LogP contribution in [0.1, 0.15) is 24.3 Å². The van der Waals surface area contributed by atoms with Crippen LogP contribution in [0.4, 0.5) is 5.69 Å². The quantitative estimate of drug-likeness (QED) is 0.632. The Kier molecular flexibility index (Phi) is 3.58. The summed E-state index contributed by atoms with van der Waals surface area (Å²) in [6, 6.07) is 5.69. The van der Waals surface area contributed by atoms with Gasteiger partial charge in [-0.2, -0.15) is 0 Å². The monoisotopic (exact) mass is 250 g/mol. The minimum Gasteiger partial charge on any atom is -0.481 e.